The average Bonchev–Trinajstić information content (AvgIpc) is 2.34. The third-order valence-corrected chi connectivity index (χ3v) is 2.20. The molecule has 5 nitrogen and oxygen atoms in total. The highest BCUT2D eigenvalue weighted by Crippen LogP contribution is 2.23. The Hall–Kier alpha value is -1.12. The van der Waals surface area contributed by atoms with E-state index < -0.39 is 15.5 Å². The van der Waals surface area contributed by atoms with Crippen LogP contribution in [-0.2, 0) is 10.0 Å². The largest absolute Gasteiger partial charge is 0.518 e. The van der Waals surface area contributed by atoms with Crippen molar-refractivity contribution in [2.75, 3.05) is 0 Å². The number of rotatable bonds is 1. The first-order chi connectivity index (χ1) is 5.36. The lowest BCUT2D eigenvalue weighted by atomic mass is 11.3. The highest BCUT2D eigenvalue weighted by atomic mass is 32.2. The van der Waals surface area contributed by atoms with Gasteiger partial charge in [0.1, 0.15) is 12.7 Å². The molecule has 0 atom stereocenters. The standard InChI is InChI=1S/C3H2F3N3O2S/c4-3(5,6)12(10,11)9-2-7-1-8-9/h1-2H. The molecule has 1 aromatic heterocycles. The molecule has 0 aliphatic heterocycles. The SMILES string of the molecule is O=S(=O)(n1cncn1)C(F)(F)F. The summed E-state index contributed by atoms with van der Waals surface area (Å²) >= 11 is 0. The third kappa shape index (κ3) is 1.26. The van der Waals surface area contributed by atoms with E-state index >= 15 is 0 Å². The Morgan fingerprint density at radius 1 is 1.33 bits per heavy atom. The molecule has 0 aliphatic carbocycles. The van der Waals surface area contributed by atoms with E-state index in [1.807, 2.05) is 0 Å². The van der Waals surface area contributed by atoms with Crippen molar-refractivity contribution in [2.24, 2.45) is 0 Å². The zero-order valence-electron chi connectivity index (χ0n) is 5.35. The Kier molecular flexibility index (Phi) is 1.82. The second-order valence-electron chi connectivity index (χ2n) is 1.72. The molecule has 12 heavy (non-hydrogen) atoms. The van der Waals surface area contributed by atoms with Crippen LogP contribution in [0, 0.1) is 0 Å². The first-order valence-corrected chi connectivity index (χ1v) is 3.96. The van der Waals surface area contributed by atoms with E-state index in [4.69, 9.17) is 0 Å². The zero-order valence-corrected chi connectivity index (χ0v) is 6.17. The molecule has 0 fully saturated rings. The zero-order chi connectivity index (χ0) is 9.41. The summed E-state index contributed by atoms with van der Waals surface area (Å²) in [6.07, 6.45) is 1.16. The summed E-state index contributed by atoms with van der Waals surface area (Å²) in [5, 5.41) is 2.85. The van der Waals surface area contributed by atoms with E-state index in [2.05, 4.69) is 10.1 Å². The Labute approximate surface area is 64.9 Å². The van der Waals surface area contributed by atoms with Crippen molar-refractivity contribution in [3.05, 3.63) is 12.7 Å². The third-order valence-electron chi connectivity index (χ3n) is 0.936. The maximum atomic E-state index is 11.7. The summed E-state index contributed by atoms with van der Waals surface area (Å²) in [5.41, 5.74) is -5.35. The van der Waals surface area contributed by atoms with E-state index in [9.17, 15) is 21.6 Å². The molecule has 0 saturated heterocycles. The molecule has 0 radical (unpaired) electrons. The molecule has 0 unspecified atom stereocenters. The van der Waals surface area contributed by atoms with Crippen LogP contribution in [0.4, 0.5) is 13.2 Å². The topological polar surface area (TPSA) is 64.8 Å². The molecular weight excluding hydrogens is 199 g/mol. The highest BCUT2D eigenvalue weighted by Gasteiger charge is 2.48. The van der Waals surface area contributed by atoms with Crippen LogP contribution < -0.4 is 0 Å². The van der Waals surface area contributed by atoms with Crippen LogP contribution in [0.5, 0.6) is 0 Å². The van der Waals surface area contributed by atoms with Crippen LogP contribution in [0.1, 0.15) is 0 Å². The van der Waals surface area contributed by atoms with Crippen molar-refractivity contribution in [3.8, 4) is 0 Å². The minimum absolute atomic E-state index is 0.243. The number of alkyl halides is 3. The van der Waals surface area contributed by atoms with Crippen LogP contribution in [0.2, 0.25) is 0 Å². The van der Waals surface area contributed by atoms with Gasteiger partial charge in [0.15, 0.2) is 0 Å². The van der Waals surface area contributed by atoms with Crippen molar-refractivity contribution in [3.63, 3.8) is 0 Å². The van der Waals surface area contributed by atoms with Crippen molar-refractivity contribution in [1.29, 1.82) is 0 Å². The van der Waals surface area contributed by atoms with Crippen molar-refractivity contribution in [1.82, 2.24) is 14.2 Å². The summed E-state index contributed by atoms with van der Waals surface area (Å²) in [5.74, 6) is 0. The van der Waals surface area contributed by atoms with Gasteiger partial charge in [0.2, 0.25) is 0 Å². The fourth-order valence-electron chi connectivity index (χ4n) is 0.428. The quantitative estimate of drug-likeness (QED) is 0.640. The van der Waals surface area contributed by atoms with Gasteiger partial charge < -0.3 is 0 Å². The second kappa shape index (κ2) is 2.44. The summed E-state index contributed by atoms with van der Waals surface area (Å²) < 4.78 is 55.8. The highest BCUT2D eigenvalue weighted by molar-refractivity contribution is 7.90. The van der Waals surface area contributed by atoms with Crippen LogP contribution >= 0.6 is 0 Å². The van der Waals surface area contributed by atoms with E-state index in [0.717, 1.165) is 0 Å². The van der Waals surface area contributed by atoms with Gasteiger partial charge in [-0.25, -0.2) is 4.98 Å². The molecule has 0 saturated carbocycles. The predicted molar refractivity (Wildman–Crippen MR) is 30.4 cm³/mol. The summed E-state index contributed by atoms with van der Waals surface area (Å²) in [7, 11) is -5.39. The molecule has 0 aliphatic rings. The van der Waals surface area contributed by atoms with Crippen molar-refractivity contribution in [2.45, 2.75) is 5.51 Å². The van der Waals surface area contributed by atoms with E-state index in [1.165, 1.54) is 0 Å². The van der Waals surface area contributed by atoms with Crippen molar-refractivity contribution >= 4 is 10.0 Å². The first-order valence-electron chi connectivity index (χ1n) is 2.52. The lowest BCUT2D eigenvalue weighted by Crippen LogP contribution is -2.30. The fourth-order valence-corrected chi connectivity index (χ4v) is 0.984. The first kappa shape index (κ1) is 8.97. The molecule has 9 heteroatoms. The molecule has 0 N–H and O–H groups in total. The molecular formula is C3H2F3N3O2S. The molecule has 1 rings (SSSR count). The molecule has 1 aromatic rings. The Morgan fingerprint density at radius 2 is 1.92 bits per heavy atom. The molecule has 0 spiro atoms. The number of nitrogens with zero attached hydrogens (tertiary/aromatic N) is 3. The van der Waals surface area contributed by atoms with Crippen molar-refractivity contribution < 1.29 is 21.6 Å². The maximum Gasteiger partial charge on any atom is 0.518 e. The van der Waals surface area contributed by atoms with E-state index in [0.29, 0.717) is 12.7 Å². The van der Waals surface area contributed by atoms with E-state index in [1.54, 1.807) is 0 Å². The van der Waals surface area contributed by atoms with Gasteiger partial charge >= 0.3 is 15.5 Å². The van der Waals surface area contributed by atoms with Gasteiger partial charge in [0.05, 0.1) is 0 Å². The summed E-state index contributed by atoms with van der Waals surface area (Å²) in [4.78, 5) is 3.07. The Bertz CT molecular complexity index is 353. The number of aromatic nitrogens is 3. The molecule has 0 bridgehead atoms. The second-order valence-corrected chi connectivity index (χ2v) is 3.51. The molecule has 0 amide bonds. The van der Waals surface area contributed by atoms with Gasteiger partial charge in [-0.2, -0.15) is 21.6 Å². The predicted octanol–water partition coefficient (Wildman–Crippen LogP) is -0.0242. The maximum absolute atomic E-state index is 11.7. The molecule has 68 valence electrons. The Morgan fingerprint density at radius 3 is 2.25 bits per heavy atom. The minimum Gasteiger partial charge on any atom is -0.222 e. The number of hydrogen-bond donors (Lipinski definition) is 0. The van der Waals surface area contributed by atoms with Gasteiger partial charge in [0, 0.05) is 0 Å². The Balaban J connectivity index is 3.22. The summed E-state index contributed by atoms with van der Waals surface area (Å²) in [6, 6.07) is 0. The molecule has 0 aromatic carbocycles. The van der Waals surface area contributed by atoms with Gasteiger partial charge in [-0.3, -0.25) is 0 Å². The monoisotopic (exact) mass is 201 g/mol. The van der Waals surface area contributed by atoms with Crippen LogP contribution in [0.15, 0.2) is 12.7 Å². The van der Waals surface area contributed by atoms with Crippen LogP contribution in [-0.4, -0.2) is 28.1 Å². The van der Waals surface area contributed by atoms with Gasteiger partial charge in [-0.05, 0) is 0 Å². The number of hydrogen-bond acceptors (Lipinski definition) is 4. The fraction of sp³-hybridized carbons (Fsp3) is 0.333. The normalized spacial score (nSPS) is 13.2. The van der Waals surface area contributed by atoms with Gasteiger partial charge in [0.25, 0.3) is 0 Å². The lowest BCUT2D eigenvalue weighted by molar-refractivity contribution is -0.0449. The molecule has 1 heterocycles. The van der Waals surface area contributed by atoms with Crippen LogP contribution in [0.3, 0.4) is 0 Å². The summed E-state index contributed by atoms with van der Waals surface area (Å²) in [6.45, 7) is 0. The average molecular weight is 201 g/mol. The van der Waals surface area contributed by atoms with Gasteiger partial charge in [-0.15, -0.1) is 9.19 Å². The van der Waals surface area contributed by atoms with E-state index in [-0.39, 0.29) is 4.09 Å². The number of halogens is 3. The van der Waals surface area contributed by atoms with Gasteiger partial charge in [-0.1, -0.05) is 0 Å². The smallest absolute Gasteiger partial charge is 0.222 e. The minimum atomic E-state index is -5.39. The lowest BCUT2D eigenvalue weighted by Gasteiger charge is -2.05. The van der Waals surface area contributed by atoms with Crippen LogP contribution in [0.25, 0.3) is 0 Å².